The molecule has 2 heterocycles. The molecule has 0 aliphatic carbocycles. The lowest BCUT2D eigenvalue weighted by Gasteiger charge is -2.15. The minimum atomic E-state index is -0.472. The zero-order valence-electron chi connectivity index (χ0n) is 21.9. The van der Waals surface area contributed by atoms with E-state index in [-0.39, 0.29) is 18.5 Å². The predicted octanol–water partition coefficient (Wildman–Crippen LogP) is 6.59. The summed E-state index contributed by atoms with van der Waals surface area (Å²) in [6.45, 7) is 8.21. The molecule has 0 atom stereocenters. The molecular weight excluding hydrogens is 550 g/mol. The summed E-state index contributed by atoms with van der Waals surface area (Å²) in [5.74, 6) is 2.05. The number of carbonyl (C=O) groups is 1. The highest BCUT2D eigenvalue weighted by Crippen LogP contribution is 2.37. The molecule has 38 heavy (non-hydrogen) atoms. The molecule has 9 heteroatoms. The van der Waals surface area contributed by atoms with Crippen LogP contribution in [-0.2, 0) is 6.61 Å². The van der Waals surface area contributed by atoms with Crippen LogP contribution in [0.1, 0.15) is 47.1 Å². The maximum Gasteiger partial charge on any atom is 0.307 e. The third-order valence-corrected chi connectivity index (χ3v) is 6.21. The number of hydrogen-bond donors (Lipinski definition) is 1. The Bertz CT molecular complexity index is 1420. The van der Waals surface area contributed by atoms with Crippen LogP contribution < -0.4 is 19.6 Å². The van der Waals surface area contributed by atoms with E-state index in [9.17, 15) is 4.79 Å². The van der Waals surface area contributed by atoms with Crippen LogP contribution >= 0.6 is 15.9 Å². The van der Waals surface area contributed by atoms with E-state index in [2.05, 4.69) is 57.0 Å². The molecule has 0 unspecified atom stereocenters. The van der Waals surface area contributed by atoms with Gasteiger partial charge in [-0.15, -0.1) is 0 Å². The molecule has 8 nitrogen and oxygen atoms in total. The highest BCUT2D eigenvalue weighted by molar-refractivity contribution is 9.10. The summed E-state index contributed by atoms with van der Waals surface area (Å²) in [4.78, 5) is 12.5. The second kappa shape index (κ2) is 12.0. The van der Waals surface area contributed by atoms with Gasteiger partial charge in [0.25, 0.3) is 0 Å². The van der Waals surface area contributed by atoms with Crippen LogP contribution in [0.2, 0.25) is 0 Å². The van der Waals surface area contributed by atoms with E-state index in [1.807, 2.05) is 44.2 Å². The Morgan fingerprint density at radius 2 is 1.79 bits per heavy atom. The fraction of sp³-hybridized carbons (Fsp3) is 0.241. The van der Waals surface area contributed by atoms with Gasteiger partial charge in [-0.1, -0.05) is 0 Å². The smallest absolute Gasteiger partial charge is 0.307 e. The number of benzene rings is 2. The van der Waals surface area contributed by atoms with E-state index >= 15 is 0 Å². The first-order valence-electron chi connectivity index (χ1n) is 12.1. The largest absolute Gasteiger partial charge is 0.493 e. The minimum Gasteiger partial charge on any atom is -0.493 e. The lowest BCUT2D eigenvalue weighted by molar-refractivity contribution is 0.0923. The molecule has 1 N–H and O–H groups in total. The van der Waals surface area contributed by atoms with Crippen LogP contribution in [0, 0.1) is 13.8 Å². The van der Waals surface area contributed by atoms with Crippen LogP contribution in [0.4, 0.5) is 0 Å². The van der Waals surface area contributed by atoms with E-state index in [0.717, 1.165) is 10.2 Å². The van der Waals surface area contributed by atoms with Gasteiger partial charge in [0.1, 0.15) is 18.1 Å². The third-order valence-electron chi connectivity index (χ3n) is 5.62. The minimum absolute atomic E-state index is 0.00750. The van der Waals surface area contributed by atoms with Crippen molar-refractivity contribution < 1.29 is 23.4 Å². The van der Waals surface area contributed by atoms with Gasteiger partial charge in [0, 0.05) is 17.1 Å². The first-order valence-corrected chi connectivity index (χ1v) is 12.9. The molecule has 0 fully saturated rings. The van der Waals surface area contributed by atoms with Crippen molar-refractivity contribution >= 4 is 28.1 Å². The Kier molecular flexibility index (Phi) is 8.58. The van der Waals surface area contributed by atoms with Gasteiger partial charge < -0.3 is 23.2 Å². The van der Waals surface area contributed by atoms with E-state index in [4.69, 9.17) is 18.6 Å². The summed E-state index contributed by atoms with van der Waals surface area (Å²) < 4.78 is 25.6. The zero-order valence-corrected chi connectivity index (χ0v) is 23.5. The summed E-state index contributed by atoms with van der Waals surface area (Å²) in [6, 6.07) is 18.9. The van der Waals surface area contributed by atoms with Crippen molar-refractivity contribution in [2.75, 3.05) is 7.11 Å². The van der Waals surface area contributed by atoms with E-state index in [1.54, 1.807) is 25.3 Å². The molecule has 0 radical (unpaired) electrons. The number of methoxy groups -OCH3 is 1. The molecule has 0 aliphatic rings. The molecule has 1 amide bonds. The summed E-state index contributed by atoms with van der Waals surface area (Å²) in [6.07, 6.45) is 1.50. The maximum atomic E-state index is 12.5. The standard InChI is InChI=1S/C29H30BrN3O5/c1-18(2)37-28-25(30)14-21(15-27(28)35-5)16-31-32-29(34)26-13-12-24(38-26)17-36-23-10-8-22(9-11-23)33-19(3)6-7-20(33)4/h6-16,18H,17H2,1-5H3,(H,32,34)/b31-16+. The topological polar surface area (TPSA) is 87.2 Å². The molecule has 0 saturated heterocycles. The molecule has 2 aromatic carbocycles. The average Bonchev–Trinajstić information content (AvgIpc) is 3.50. The van der Waals surface area contributed by atoms with Crippen molar-refractivity contribution in [2.45, 2.75) is 40.4 Å². The van der Waals surface area contributed by atoms with Crippen molar-refractivity contribution in [3.05, 3.63) is 93.6 Å². The molecule has 0 bridgehead atoms. The van der Waals surface area contributed by atoms with Crippen LogP contribution in [0.3, 0.4) is 0 Å². The zero-order chi connectivity index (χ0) is 27.2. The van der Waals surface area contributed by atoms with Gasteiger partial charge in [0.15, 0.2) is 17.3 Å². The van der Waals surface area contributed by atoms with Crippen molar-refractivity contribution in [3.63, 3.8) is 0 Å². The number of hydrazone groups is 1. The molecule has 4 rings (SSSR count). The summed E-state index contributed by atoms with van der Waals surface area (Å²) in [7, 11) is 1.57. The number of carbonyl (C=O) groups excluding carboxylic acids is 1. The van der Waals surface area contributed by atoms with Crippen molar-refractivity contribution in [3.8, 4) is 22.9 Å². The highest BCUT2D eigenvalue weighted by Gasteiger charge is 2.14. The van der Waals surface area contributed by atoms with Gasteiger partial charge in [-0.05, 0) is 110 Å². The molecule has 0 saturated carbocycles. The second-order valence-corrected chi connectivity index (χ2v) is 9.75. The highest BCUT2D eigenvalue weighted by atomic mass is 79.9. The van der Waals surface area contributed by atoms with Crippen molar-refractivity contribution in [1.82, 2.24) is 9.99 Å². The van der Waals surface area contributed by atoms with Crippen molar-refractivity contribution in [1.29, 1.82) is 0 Å². The van der Waals surface area contributed by atoms with E-state index in [1.165, 1.54) is 17.6 Å². The number of aryl methyl sites for hydroxylation is 2. The Hall–Kier alpha value is -3.98. The number of rotatable bonds is 10. The number of ether oxygens (including phenoxy) is 3. The second-order valence-electron chi connectivity index (χ2n) is 8.90. The van der Waals surface area contributed by atoms with Crippen molar-refractivity contribution in [2.24, 2.45) is 5.10 Å². The van der Waals surface area contributed by atoms with Crippen LogP contribution in [0.25, 0.3) is 5.69 Å². The van der Waals surface area contributed by atoms with E-state index in [0.29, 0.717) is 28.6 Å². The fourth-order valence-corrected chi connectivity index (χ4v) is 4.44. The van der Waals surface area contributed by atoms with Crippen LogP contribution in [-0.4, -0.2) is 29.9 Å². The maximum absolute atomic E-state index is 12.5. The van der Waals surface area contributed by atoms with Gasteiger partial charge in [-0.3, -0.25) is 4.79 Å². The predicted molar refractivity (Wildman–Crippen MR) is 150 cm³/mol. The number of halogens is 1. The van der Waals surface area contributed by atoms with Gasteiger partial charge in [0.2, 0.25) is 0 Å². The number of amides is 1. The fourth-order valence-electron chi connectivity index (χ4n) is 3.88. The Balaban J connectivity index is 1.32. The van der Waals surface area contributed by atoms with Gasteiger partial charge in [0.05, 0.1) is 23.9 Å². The summed E-state index contributed by atoms with van der Waals surface area (Å²) in [5.41, 5.74) is 6.60. The quantitative estimate of drug-likeness (QED) is 0.169. The SMILES string of the molecule is COc1cc(/C=N/NC(=O)c2ccc(COc3ccc(-n4c(C)ccc4C)cc3)o2)cc(Br)c1OC(C)C. The third kappa shape index (κ3) is 6.47. The Labute approximate surface area is 230 Å². The monoisotopic (exact) mass is 579 g/mol. The number of nitrogens with one attached hydrogen (secondary N) is 1. The number of aromatic nitrogens is 1. The lowest BCUT2D eigenvalue weighted by atomic mass is 10.2. The molecule has 198 valence electrons. The molecular formula is C29H30BrN3O5. The van der Waals surface area contributed by atoms with Crippen LogP contribution in [0.15, 0.2) is 74.7 Å². The normalized spacial score (nSPS) is 11.2. The molecule has 0 spiro atoms. The van der Waals surface area contributed by atoms with E-state index < -0.39 is 5.91 Å². The first-order chi connectivity index (χ1) is 18.2. The van der Waals surface area contributed by atoms with Crippen LogP contribution in [0.5, 0.6) is 17.2 Å². The molecule has 4 aromatic rings. The lowest BCUT2D eigenvalue weighted by Crippen LogP contribution is -2.16. The number of hydrogen-bond acceptors (Lipinski definition) is 6. The van der Waals surface area contributed by atoms with Gasteiger partial charge in [-0.25, -0.2) is 5.43 Å². The Morgan fingerprint density at radius 1 is 1.08 bits per heavy atom. The first kappa shape index (κ1) is 27.1. The van der Waals surface area contributed by atoms with Gasteiger partial charge in [-0.2, -0.15) is 5.10 Å². The molecule has 2 aromatic heterocycles. The Morgan fingerprint density at radius 3 is 2.45 bits per heavy atom. The summed E-state index contributed by atoms with van der Waals surface area (Å²) >= 11 is 3.50. The molecule has 0 aliphatic heterocycles. The number of furan rings is 1. The average molecular weight is 580 g/mol. The summed E-state index contributed by atoms with van der Waals surface area (Å²) in [5, 5.41) is 4.03. The van der Waals surface area contributed by atoms with Gasteiger partial charge >= 0.3 is 5.91 Å². The number of nitrogens with zero attached hydrogens (tertiary/aromatic N) is 2.